The summed E-state index contributed by atoms with van der Waals surface area (Å²) in [5.41, 5.74) is 2.68. The number of sulfonamides is 1. The Morgan fingerprint density at radius 2 is 1.58 bits per heavy atom. The molecule has 6 nitrogen and oxygen atoms in total. The summed E-state index contributed by atoms with van der Waals surface area (Å²) in [6, 6.07) is 21.5. The van der Waals surface area contributed by atoms with Crippen molar-refractivity contribution in [1.29, 1.82) is 0 Å². The van der Waals surface area contributed by atoms with Crippen LogP contribution in [0.3, 0.4) is 0 Å². The first-order chi connectivity index (χ1) is 15.0. The molecule has 0 unspecified atom stereocenters. The smallest absolute Gasteiger partial charge is 0.251 e. The van der Waals surface area contributed by atoms with Crippen LogP contribution in [-0.4, -0.2) is 57.6 Å². The first-order valence-electron chi connectivity index (χ1n) is 10.5. The van der Waals surface area contributed by atoms with Crippen LogP contribution in [-0.2, 0) is 16.4 Å². The summed E-state index contributed by atoms with van der Waals surface area (Å²) in [6.45, 7) is 2.20. The number of rotatable bonds is 6. The highest BCUT2D eigenvalue weighted by molar-refractivity contribution is 7.89. The molecule has 7 heteroatoms. The molecule has 1 amide bonds. The van der Waals surface area contributed by atoms with Crippen LogP contribution >= 0.6 is 0 Å². The molecule has 1 aliphatic heterocycles. The number of hydrogen-bond donors (Lipinski definition) is 1. The average Bonchev–Trinajstić information content (AvgIpc) is 2.82. The predicted octanol–water partition coefficient (Wildman–Crippen LogP) is 2.89. The molecule has 3 aromatic rings. The summed E-state index contributed by atoms with van der Waals surface area (Å²) in [5, 5.41) is 4.86. The van der Waals surface area contributed by atoms with Crippen molar-refractivity contribution in [2.24, 2.45) is 0 Å². The second-order valence-electron chi connectivity index (χ2n) is 7.72. The summed E-state index contributed by atoms with van der Waals surface area (Å²) >= 11 is 0. The molecule has 0 saturated carbocycles. The number of aryl methyl sites for hydroxylation is 1. The molecular formula is C24H27N3O3S. The van der Waals surface area contributed by atoms with Crippen LogP contribution in [0.4, 0.5) is 5.69 Å². The van der Waals surface area contributed by atoms with Crippen LogP contribution in [0.2, 0.25) is 0 Å². The van der Waals surface area contributed by atoms with Crippen molar-refractivity contribution in [2.45, 2.75) is 6.42 Å². The van der Waals surface area contributed by atoms with Gasteiger partial charge in [-0.05, 0) is 47.0 Å². The van der Waals surface area contributed by atoms with E-state index >= 15 is 0 Å². The lowest BCUT2D eigenvalue weighted by Crippen LogP contribution is -2.49. The van der Waals surface area contributed by atoms with Crippen LogP contribution in [0.25, 0.3) is 10.8 Å². The van der Waals surface area contributed by atoms with Crippen molar-refractivity contribution in [3.8, 4) is 0 Å². The number of nitrogens with zero attached hydrogens (tertiary/aromatic N) is 2. The van der Waals surface area contributed by atoms with E-state index in [1.807, 2.05) is 54.6 Å². The highest BCUT2D eigenvalue weighted by Gasteiger charge is 2.27. The van der Waals surface area contributed by atoms with Gasteiger partial charge in [0.25, 0.3) is 5.91 Å². The maximum atomic E-state index is 13.0. The van der Waals surface area contributed by atoms with Gasteiger partial charge in [0.05, 0.1) is 5.75 Å². The Morgan fingerprint density at radius 3 is 2.29 bits per heavy atom. The van der Waals surface area contributed by atoms with Crippen molar-refractivity contribution in [3.63, 3.8) is 0 Å². The number of carbonyl (C=O) groups is 1. The molecule has 0 atom stereocenters. The van der Waals surface area contributed by atoms with Gasteiger partial charge in [0, 0.05) is 44.5 Å². The Bertz CT molecular complexity index is 1160. The van der Waals surface area contributed by atoms with Gasteiger partial charge in [0.15, 0.2) is 0 Å². The predicted molar refractivity (Wildman–Crippen MR) is 125 cm³/mol. The molecule has 1 heterocycles. The number of anilines is 1. The molecule has 0 aromatic heterocycles. The minimum absolute atomic E-state index is 0.113. The van der Waals surface area contributed by atoms with Crippen molar-refractivity contribution >= 4 is 32.4 Å². The molecule has 1 aliphatic rings. The van der Waals surface area contributed by atoms with Gasteiger partial charge in [-0.25, -0.2) is 8.42 Å². The summed E-state index contributed by atoms with van der Waals surface area (Å²) in [6.07, 6.45) is 0.505. The molecule has 1 saturated heterocycles. The Hall–Kier alpha value is -2.90. The third-order valence-corrected chi connectivity index (χ3v) is 7.73. The number of piperazine rings is 1. The van der Waals surface area contributed by atoms with Gasteiger partial charge in [-0.1, -0.05) is 42.5 Å². The fraction of sp³-hybridized carbons (Fsp3) is 0.292. The van der Waals surface area contributed by atoms with Crippen molar-refractivity contribution in [1.82, 2.24) is 9.62 Å². The molecule has 162 valence electrons. The molecule has 1 fully saturated rings. The second-order valence-corrected chi connectivity index (χ2v) is 9.80. The third kappa shape index (κ3) is 4.73. The van der Waals surface area contributed by atoms with Crippen LogP contribution in [0, 0.1) is 0 Å². The van der Waals surface area contributed by atoms with E-state index in [4.69, 9.17) is 0 Å². The molecule has 3 aromatic carbocycles. The zero-order chi connectivity index (χ0) is 21.8. The number of hydrogen-bond acceptors (Lipinski definition) is 4. The summed E-state index contributed by atoms with van der Waals surface area (Å²) < 4.78 is 27.5. The standard InChI is InChI=1S/C24H27N3O3S/c1-25-24(28)21-9-11-22(12-10-21)26-14-16-27(17-15-26)31(29,30)18-13-20-7-4-6-19-5-2-3-8-23(19)20/h2-12H,13-18H2,1H3,(H,25,28). The maximum Gasteiger partial charge on any atom is 0.251 e. The lowest BCUT2D eigenvalue weighted by Gasteiger charge is -2.35. The SMILES string of the molecule is CNC(=O)c1ccc(N2CCN(S(=O)(=O)CCc3cccc4ccccc34)CC2)cc1. The lowest BCUT2D eigenvalue weighted by atomic mass is 10.0. The largest absolute Gasteiger partial charge is 0.369 e. The monoisotopic (exact) mass is 437 g/mol. The van der Waals surface area contributed by atoms with Gasteiger partial charge in [0.1, 0.15) is 0 Å². The van der Waals surface area contributed by atoms with E-state index in [0.29, 0.717) is 38.2 Å². The van der Waals surface area contributed by atoms with E-state index in [1.54, 1.807) is 23.5 Å². The highest BCUT2D eigenvalue weighted by atomic mass is 32.2. The van der Waals surface area contributed by atoms with Crippen LogP contribution in [0.5, 0.6) is 0 Å². The Balaban J connectivity index is 1.37. The van der Waals surface area contributed by atoms with Crippen molar-refractivity contribution in [2.75, 3.05) is 43.9 Å². The zero-order valence-electron chi connectivity index (χ0n) is 17.6. The van der Waals surface area contributed by atoms with E-state index in [2.05, 4.69) is 10.2 Å². The fourth-order valence-electron chi connectivity index (χ4n) is 4.07. The Kier molecular flexibility index (Phi) is 6.25. The van der Waals surface area contributed by atoms with Gasteiger partial charge in [0.2, 0.25) is 10.0 Å². The lowest BCUT2D eigenvalue weighted by molar-refractivity contribution is 0.0963. The van der Waals surface area contributed by atoms with Gasteiger partial charge >= 0.3 is 0 Å². The van der Waals surface area contributed by atoms with E-state index in [0.717, 1.165) is 22.0 Å². The fourth-order valence-corrected chi connectivity index (χ4v) is 5.53. The number of amides is 1. The first kappa shape index (κ1) is 21.3. The molecule has 0 bridgehead atoms. The minimum atomic E-state index is -3.32. The van der Waals surface area contributed by atoms with Crippen molar-refractivity contribution in [3.05, 3.63) is 77.9 Å². The number of carbonyl (C=O) groups excluding carboxylic acids is 1. The maximum absolute atomic E-state index is 13.0. The quantitative estimate of drug-likeness (QED) is 0.644. The molecule has 4 rings (SSSR count). The second kappa shape index (κ2) is 9.08. The van der Waals surface area contributed by atoms with Crippen molar-refractivity contribution < 1.29 is 13.2 Å². The number of fused-ring (bicyclic) bond motifs is 1. The van der Waals surface area contributed by atoms with Gasteiger partial charge in [-0.2, -0.15) is 4.31 Å². The Labute approximate surface area is 183 Å². The summed E-state index contributed by atoms with van der Waals surface area (Å²) in [5.74, 6) is -0.00405. The van der Waals surface area contributed by atoms with E-state index in [9.17, 15) is 13.2 Å². The zero-order valence-corrected chi connectivity index (χ0v) is 18.4. The molecular weight excluding hydrogens is 410 g/mol. The highest BCUT2D eigenvalue weighted by Crippen LogP contribution is 2.21. The molecule has 0 aliphatic carbocycles. The van der Waals surface area contributed by atoms with Gasteiger partial charge in [-0.15, -0.1) is 0 Å². The van der Waals surface area contributed by atoms with E-state index < -0.39 is 10.0 Å². The van der Waals surface area contributed by atoms with E-state index in [1.165, 1.54) is 0 Å². The molecule has 0 spiro atoms. The van der Waals surface area contributed by atoms with Gasteiger partial charge < -0.3 is 10.2 Å². The Morgan fingerprint density at radius 1 is 0.903 bits per heavy atom. The number of nitrogens with one attached hydrogen (secondary N) is 1. The van der Waals surface area contributed by atoms with Crippen LogP contribution in [0.15, 0.2) is 66.7 Å². The summed E-state index contributed by atoms with van der Waals surface area (Å²) in [7, 11) is -1.72. The van der Waals surface area contributed by atoms with Gasteiger partial charge in [-0.3, -0.25) is 4.79 Å². The molecule has 31 heavy (non-hydrogen) atoms. The average molecular weight is 438 g/mol. The van der Waals surface area contributed by atoms with E-state index in [-0.39, 0.29) is 11.7 Å². The first-order valence-corrected chi connectivity index (χ1v) is 12.1. The topological polar surface area (TPSA) is 69.7 Å². The molecule has 0 radical (unpaired) electrons. The molecule has 1 N–H and O–H groups in total. The summed E-state index contributed by atoms with van der Waals surface area (Å²) in [4.78, 5) is 13.8. The minimum Gasteiger partial charge on any atom is -0.369 e. The number of benzene rings is 3. The van der Waals surface area contributed by atoms with Crippen LogP contribution < -0.4 is 10.2 Å². The van der Waals surface area contributed by atoms with Crippen LogP contribution in [0.1, 0.15) is 15.9 Å². The third-order valence-electron chi connectivity index (χ3n) is 5.86. The normalized spacial score (nSPS) is 15.2.